The van der Waals surface area contributed by atoms with Gasteiger partial charge in [0.2, 0.25) is 0 Å². The Hall–Kier alpha value is -1.57. The van der Waals surface area contributed by atoms with Crippen LogP contribution in [0.2, 0.25) is 0 Å². The van der Waals surface area contributed by atoms with Crippen LogP contribution >= 0.6 is 0 Å². The monoisotopic (exact) mass is 330 g/mol. The van der Waals surface area contributed by atoms with E-state index in [4.69, 9.17) is 4.74 Å². The molecule has 0 N–H and O–H groups in total. The number of rotatable bonds is 7. The van der Waals surface area contributed by atoms with Gasteiger partial charge in [-0.1, -0.05) is 62.3 Å². The summed E-state index contributed by atoms with van der Waals surface area (Å²) >= 11 is 0. The van der Waals surface area contributed by atoms with Gasteiger partial charge in [0.1, 0.15) is 0 Å². The van der Waals surface area contributed by atoms with Gasteiger partial charge >= 0.3 is 5.97 Å². The minimum Gasteiger partial charge on any atom is -0.466 e. The van der Waals surface area contributed by atoms with Crippen LogP contribution in [-0.2, 0) is 9.53 Å². The van der Waals surface area contributed by atoms with Gasteiger partial charge < -0.3 is 4.74 Å². The molecule has 0 aliphatic heterocycles. The van der Waals surface area contributed by atoms with E-state index in [1.807, 2.05) is 19.9 Å². The van der Waals surface area contributed by atoms with Crippen LogP contribution < -0.4 is 0 Å². The molecular formula is C22H34O2. The molecule has 0 heterocycles. The largest absolute Gasteiger partial charge is 0.466 e. The van der Waals surface area contributed by atoms with E-state index < -0.39 is 0 Å². The molecule has 134 valence electrons. The van der Waals surface area contributed by atoms with Crippen molar-refractivity contribution < 1.29 is 9.53 Å². The molecule has 0 fully saturated rings. The SMILES string of the molecule is CCOC(=O)C[C@@H](C)/C=C/C=C(C)\C=C\C1=C(C)CCCC1(C)C. The van der Waals surface area contributed by atoms with Gasteiger partial charge in [0.05, 0.1) is 13.0 Å². The summed E-state index contributed by atoms with van der Waals surface area (Å²) in [7, 11) is 0. The molecule has 0 aromatic carbocycles. The summed E-state index contributed by atoms with van der Waals surface area (Å²) in [6.45, 7) is 13.4. The lowest BCUT2D eigenvalue weighted by molar-refractivity contribution is -0.143. The first-order valence-corrected chi connectivity index (χ1v) is 9.15. The van der Waals surface area contributed by atoms with Crippen LogP contribution in [0.4, 0.5) is 0 Å². The Balaban J connectivity index is 2.63. The molecular weight excluding hydrogens is 296 g/mol. The van der Waals surface area contributed by atoms with Gasteiger partial charge in [-0.25, -0.2) is 0 Å². The van der Waals surface area contributed by atoms with Crippen LogP contribution in [0, 0.1) is 11.3 Å². The predicted octanol–water partition coefficient (Wildman–Crippen LogP) is 6.16. The van der Waals surface area contributed by atoms with Crippen molar-refractivity contribution in [3.05, 3.63) is 47.1 Å². The first-order chi connectivity index (χ1) is 11.3. The highest BCUT2D eigenvalue weighted by molar-refractivity contribution is 5.69. The Morgan fingerprint density at radius 1 is 1.38 bits per heavy atom. The van der Waals surface area contributed by atoms with Crippen molar-refractivity contribution >= 4 is 5.97 Å². The zero-order chi connectivity index (χ0) is 18.2. The van der Waals surface area contributed by atoms with Gasteiger partial charge in [0, 0.05) is 0 Å². The highest BCUT2D eigenvalue weighted by atomic mass is 16.5. The Morgan fingerprint density at radius 2 is 2.08 bits per heavy atom. The van der Waals surface area contributed by atoms with Crippen molar-refractivity contribution in [1.82, 2.24) is 0 Å². The maximum absolute atomic E-state index is 11.4. The summed E-state index contributed by atoms with van der Waals surface area (Å²) in [5.41, 5.74) is 4.51. The molecule has 0 aromatic rings. The van der Waals surface area contributed by atoms with E-state index in [2.05, 4.69) is 52.0 Å². The molecule has 0 aromatic heterocycles. The molecule has 1 aliphatic rings. The fraction of sp³-hybridized carbons (Fsp3) is 0.591. The number of ether oxygens (including phenoxy) is 1. The van der Waals surface area contributed by atoms with Gasteiger partial charge in [-0.3, -0.25) is 4.79 Å². The third kappa shape index (κ3) is 6.90. The first kappa shape index (κ1) is 20.5. The molecule has 1 aliphatic carbocycles. The van der Waals surface area contributed by atoms with Crippen LogP contribution in [0.5, 0.6) is 0 Å². The van der Waals surface area contributed by atoms with Gasteiger partial charge in [0.25, 0.3) is 0 Å². The first-order valence-electron chi connectivity index (χ1n) is 9.15. The van der Waals surface area contributed by atoms with Crippen LogP contribution in [0.15, 0.2) is 47.1 Å². The molecule has 1 atom stereocenters. The van der Waals surface area contributed by atoms with Crippen molar-refractivity contribution in [3.63, 3.8) is 0 Å². The molecule has 0 unspecified atom stereocenters. The molecule has 0 bridgehead atoms. The van der Waals surface area contributed by atoms with E-state index >= 15 is 0 Å². The van der Waals surface area contributed by atoms with Gasteiger partial charge in [0.15, 0.2) is 0 Å². The van der Waals surface area contributed by atoms with Crippen molar-refractivity contribution in [1.29, 1.82) is 0 Å². The highest BCUT2D eigenvalue weighted by Gasteiger charge is 2.26. The lowest BCUT2D eigenvalue weighted by Gasteiger charge is -2.32. The van der Waals surface area contributed by atoms with Gasteiger partial charge in [-0.2, -0.15) is 0 Å². The average molecular weight is 331 g/mol. The lowest BCUT2D eigenvalue weighted by Crippen LogP contribution is -2.19. The van der Waals surface area contributed by atoms with Gasteiger partial charge in [-0.05, 0) is 56.9 Å². The molecule has 0 amide bonds. The Labute approximate surface area is 148 Å². The highest BCUT2D eigenvalue weighted by Crippen LogP contribution is 2.40. The average Bonchev–Trinajstić information content (AvgIpc) is 2.46. The molecule has 0 saturated heterocycles. The molecule has 0 spiro atoms. The number of hydrogen-bond acceptors (Lipinski definition) is 2. The molecule has 1 rings (SSSR count). The number of carbonyl (C=O) groups excluding carboxylic acids is 1. The quantitative estimate of drug-likeness (QED) is 0.412. The fourth-order valence-corrected chi connectivity index (χ4v) is 3.23. The van der Waals surface area contributed by atoms with Crippen molar-refractivity contribution in [2.75, 3.05) is 6.61 Å². The zero-order valence-corrected chi connectivity index (χ0v) is 16.3. The third-order valence-electron chi connectivity index (χ3n) is 4.65. The smallest absolute Gasteiger partial charge is 0.306 e. The second-order valence-electron chi connectivity index (χ2n) is 7.55. The van der Waals surface area contributed by atoms with Crippen molar-refractivity contribution in [2.45, 2.75) is 67.2 Å². The maximum atomic E-state index is 11.4. The van der Waals surface area contributed by atoms with E-state index in [0.717, 1.165) is 0 Å². The van der Waals surface area contributed by atoms with E-state index in [9.17, 15) is 4.79 Å². The van der Waals surface area contributed by atoms with Crippen LogP contribution in [0.3, 0.4) is 0 Å². The Bertz CT molecular complexity index is 544. The minimum absolute atomic E-state index is 0.128. The normalized spacial score (nSPS) is 20.0. The molecule has 0 saturated carbocycles. The second kappa shape index (κ2) is 9.66. The minimum atomic E-state index is -0.128. The summed E-state index contributed by atoms with van der Waals surface area (Å²) in [5, 5.41) is 0. The fourth-order valence-electron chi connectivity index (χ4n) is 3.23. The Morgan fingerprint density at radius 3 is 2.71 bits per heavy atom. The molecule has 2 nitrogen and oxygen atoms in total. The van der Waals surface area contributed by atoms with E-state index in [0.29, 0.717) is 13.0 Å². The summed E-state index contributed by atoms with van der Waals surface area (Å²) < 4.78 is 4.97. The summed E-state index contributed by atoms with van der Waals surface area (Å²) in [5.74, 6) is 0.0662. The third-order valence-corrected chi connectivity index (χ3v) is 4.65. The van der Waals surface area contributed by atoms with E-state index in [-0.39, 0.29) is 17.3 Å². The van der Waals surface area contributed by atoms with Crippen molar-refractivity contribution in [3.8, 4) is 0 Å². The van der Waals surface area contributed by atoms with Gasteiger partial charge in [-0.15, -0.1) is 0 Å². The lowest BCUT2D eigenvalue weighted by atomic mass is 9.72. The molecule has 2 heteroatoms. The topological polar surface area (TPSA) is 26.3 Å². The summed E-state index contributed by atoms with van der Waals surface area (Å²) in [4.78, 5) is 11.4. The molecule has 0 radical (unpaired) electrons. The predicted molar refractivity (Wildman–Crippen MR) is 103 cm³/mol. The van der Waals surface area contributed by atoms with E-state index in [1.165, 1.54) is 36.0 Å². The standard InChI is InChI=1S/C22H34O2/c1-7-24-21(23)16-18(3)11-8-10-17(2)13-14-20-19(4)12-9-15-22(20,5)6/h8,10-11,13-14,18H,7,9,12,15-16H2,1-6H3/b11-8+,14-13+,17-10-/t18-/m0/s1. The Kier molecular flexibility index (Phi) is 8.24. The summed E-state index contributed by atoms with van der Waals surface area (Å²) in [6, 6.07) is 0. The zero-order valence-electron chi connectivity index (χ0n) is 16.3. The number of esters is 1. The van der Waals surface area contributed by atoms with E-state index in [1.54, 1.807) is 0 Å². The number of hydrogen-bond donors (Lipinski definition) is 0. The number of allylic oxidation sites excluding steroid dienone is 8. The van der Waals surface area contributed by atoms with Crippen LogP contribution in [-0.4, -0.2) is 12.6 Å². The van der Waals surface area contributed by atoms with Crippen molar-refractivity contribution in [2.24, 2.45) is 11.3 Å². The maximum Gasteiger partial charge on any atom is 0.306 e. The molecule has 24 heavy (non-hydrogen) atoms. The van der Waals surface area contributed by atoms with Crippen LogP contribution in [0.1, 0.15) is 67.2 Å². The van der Waals surface area contributed by atoms with Crippen LogP contribution in [0.25, 0.3) is 0 Å². The second-order valence-corrected chi connectivity index (χ2v) is 7.55. The number of carbonyl (C=O) groups is 1. The summed E-state index contributed by atoms with van der Waals surface area (Å²) in [6.07, 6.45) is 14.9.